The second-order valence-corrected chi connectivity index (χ2v) is 12.4. The largest absolute Gasteiger partial charge is 0.385 e. The molecule has 45 heavy (non-hydrogen) atoms. The van der Waals surface area contributed by atoms with E-state index in [4.69, 9.17) is 4.74 Å². The van der Waals surface area contributed by atoms with E-state index < -0.39 is 17.3 Å². The number of ketones is 2. The van der Waals surface area contributed by atoms with Crippen LogP contribution >= 0.6 is 0 Å². The molecule has 234 valence electrons. The number of aliphatic hydroxyl groups is 2. The van der Waals surface area contributed by atoms with Gasteiger partial charge in [-0.25, -0.2) is 0 Å². The Bertz CT molecular complexity index is 1480. The van der Waals surface area contributed by atoms with Gasteiger partial charge in [0, 0.05) is 23.8 Å². The van der Waals surface area contributed by atoms with Crippen LogP contribution in [0.15, 0.2) is 109 Å². The van der Waals surface area contributed by atoms with Crippen LogP contribution in [0.2, 0.25) is 0 Å². The highest BCUT2D eigenvalue weighted by Gasteiger charge is 2.37. The van der Waals surface area contributed by atoms with Crippen LogP contribution in [0.25, 0.3) is 0 Å². The van der Waals surface area contributed by atoms with Crippen molar-refractivity contribution in [3.63, 3.8) is 0 Å². The molecule has 1 unspecified atom stereocenters. The molecule has 0 amide bonds. The van der Waals surface area contributed by atoms with Crippen molar-refractivity contribution in [2.75, 3.05) is 7.11 Å². The lowest BCUT2D eigenvalue weighted by Crippen LogP contribution is -2.32. The third kappa shape index (κ3) is 7.50. The molecule has 0 spiro atoms. The molecule has 2 aliphatic rings. The number of Topliss-reactive ketones (excluding diaryl/α,β-unsaturated/α-hetero) is 1. The third-order valence-electron chi connectivity index (χ3n) is 9.34. The Morgan fingerprint density at radius 3 is 1.42 bits per heavy atom. The first-order valence-corrected chi connectivity index (χ1v) is 16.2. The Balaban J connectivity index is 0.000000201. The lowest BCUT2D eigenvalue weighted by Gasteiger charge is -2.35. The van der Waals surface area contributed by atoms with E-state index in [1.165, 1.54) is 0 Å². The molecule has 6 rings (SSSR count). The molecule has 2 saturated carbocycles. The average molecular weight is 605 g/mol. The van der Waals surface area contributed by atoms with Crippen molar-refractivity contribution in [3.8, 4) is 0 Å². The van der Waals surface area contributed by atoms with Gasteiger partial charge in [0.2, 0.25) is 0 Å². The van der Waals surface area contributed by atoms with Crippen LogP contribution in [0.4, 0.5) is 0 Å². The minimum absolute atomic E-state index is 0.0145. The number of hydrogen-bond acceptors (Lipinski definition) is 5. The molecule has 0 aliphatic heterocycles. The Hall–Kier alpha value is -3.90. The highest BCUT2D eigenvalue weighted by molar-refractivity contribution is 6.11. The first kappa shape index (κ1) is 32.5. The molecule has 4 aromatic rings. The van der Waals surface area contributed by atoms with Gasteiger partial charge in [-0.05, 0) is 42.4 Å². The lowest BCUT2D eigenvalue weighted by atomic mass is 9.74. The highest BCUT2D eigenvalue weighted by atomic mass is 16.5. The van der Waals surface area contributed by atoms with Crippen molar-refractivity contribution in [1.82, 2.24) is 0 Å². The van der Waals surface area contributed by atoms with Gasteiger partial charge < -0.3 is 14.9 Å². The number of ether oxygens (including phenoxy) is 1. The van der Waals surface area contributed by atoms with Crippen LogP contribution in [0.1, 0.15) is 113 Å². The van der Waals surface area contributed by atoms with Crippen LogP contribution in [0.3, 0.4) is 0 Å². The lowest BCUT2D eigenvalue weighted by molar-refractivity contribution is -0.00188. The molecule has 0 radical (unpaired) electrons. The standard InChI is InChI=1S/C25H30O3.C15H14O2/c26-23(19-11-3-5-13-21(19)24(27)15-7-1-8-16-24)20-12-4-6-14-22(20)25(28)17-9-2-10-18-25;1-17-15(13-10-6-3-7-11-13)14(16)12-8-4-2-5-9-12/h3-6,11-14,27-28H,1-2,7-10,15-18H2;2-11,15H,1H3. The first-order valence-electron chi connectivity index (χ1n) is 16.2. The fourth-order valence-corrected chi connectivity index (χ4v) is 6.91. The molecule has 5 nitrogen and oxygen atoms in total. The van der Waals surface area contributed by atoms with Crippen molar-refractivity contribution in [2.45, 2.75) is 81.5 Å². The SMILES string of the molecule is COC(C(=O)c1ccccc1)c1ccccc1.O=C(c1ccccc1C1(O)CCCCC1)c1ccccc1C1(O)CCCCC1. The Kier molecular flexibility index (Phi) is 10.8. The smallest absolute Gasteiger partial charge is 0.196 e. The quantitative estimate of drug-likeness (QED) is 0.197. The van der Waals surface area contributed by atoms with E-state index in [9.17, 15) is 19.8 Å². The normalized spacial score (nSPS) is 17.8. The topological polar surface area (TPSA) is 83.8 Å². The van der Waals surface area contributed by atoms with E-state index in [2.05, 4.69) is 0 Å². The molecule has 0 bridgehead atoms. The van der Waals surface area contributed by atoms with Gasteiger partial charge in [0.15, 0.2) is 11.6 Å². The zero-order valence-electron chi connectivity index (χ0n) is 26.2. The molecular weight excluding hydrogens is 560 g/mol. The van der Waals surface area contributed by atoms with Gasteiger partial charge in [0.1, 0.15) is 6.10 Å². The highest BCUT2D eigenvalue weighted by Crippen LogP contribution is 2.41. The molecule has 0 saturated heterocycles. The number of carbonyl (C=O) groups is 2. The first-order chi connectivity index (χ1) is 21.9. The molecule has 2 aliphatic carbocycles. The van der Waals surface area contributed by atoms with E-state index in [0.717, 1.165) is 55.2 Å². The summed E-state index contributed by atoms with van der Waals surface area (Å²) < 4.78 is 5.30. The van der Waals surface area contributed by atoms with Crippen LogP contribution in [0, 0.1) is 0 Å². The maximum Gasteiger partial charge on any atom is 0.196 e. The summed E-state index contributed by atoms with van der Waals surface area (Å²) in [5.41, 5.74) is 2.31. The van der Waals surface area contributed by atoms with Gasteiger partial charge >= 0.3 is 0 Å². The third-order valence-corrected chi connectivity index (χ3v) is 9.34. The van der Waals surface area contributed by atoms with Gasteiger partial charge in [-0.1, -0.05) is 148 Å². The predicted octanol–water partition coefficient (Wildman–Crippen LogP) is 8.48. The van der Waals surface area contributed by atoms with Crippen LogP contribution in [-0.2, 0) is 15.9 Å². The van der Waals surface area contributed by atoms with Crippen LogP contribution < -0.4 is 0 Å². The van der Waals surface area contributed by atoms with E-state index in [0.29, 0.717) is 42.4 Å². The van der Waals surface area contributed by atoms with Crippen molar-refractivity contribution in [2.24, 2.45) is 0 Å². The van der Waals surface area contributed by atoms with Gasteiger partial charge in [-0.3, -0.25) is 9.59 Å². The number of carbonyl (C=O) groups excluding carboxylic acids is 2. The zero-order valence-corrected chi connectivity index (χ0v) is 26.2. The molecule has 0 heterocycles. The predicted molar refractivity (Wildman–Crippen MR) is 177 cm³/mol. The average Bonchev–Trinajstić information content (AvgIpc) is 3.10. The minimum atomic E-state index is -0.929. The maximum atomic E-state index is 13.6. The summed E-state index contributed by atoms with van der Waals surface area (Å²) in [7, 11) is 1.55. The molecule has 2 N–H and O–H groups in total. The summed E-state index contributed by atoms with van der Waals surface area (Å²) in [6.07, 6.45) is 8.45. The number of benzene rings is 4. The monoisotopic (exact) mass is 604 g/mol. The van der Waals surface area contributed by atoms with Gasteiger partial charge in [0.25, 0.3) is 0 Å². The summed E-state index contributed by atoms with van der Waals surface area (Å²) in [4.78, 5) is 25.9. The van der Waals surface area contributed by atoms with Crippen LogP contribution in [-0.4, -0.2) is 28.9 Å². The van der Waals surface area contributed by atoms with Gasteiger partial charge in [0.05, 0.1) is 11.2 Å². The molecule has 1 atom stereocenters. The van der Waals surface area contributed by atoms with Gasteiger partial charge in [-0.2, -0.15) is 0 Å². The summed E-state index contributed by atoms with van der Waals surface area (Å²) >= 11 is 0. The number of rotatable bonds is 8. The molecular formula is C40H44O5. The Morgan fingerprint density at radius 1 is 0.578 bits per heavy atom. The summed E-state index contributed by atoms with van der Waals surface area (Å²) in [5.74, 6) is -0.108. The Labute approximate surface area is 266 Å². The second-order valence-electron chi connectivity index (χ2n) is 12.4. The minimum Gasteiger partial charge on any atom is -0.385 e. The van der Waals surface area contributed by atoms with Crippen molar-refractivity contribution >= 4 is 11.6 Å². The fourth-order valence-electron chi connectivity index (χ4n) is 6.91. The van der Waals surface area contributed by atoms with Crippen molar-refractivity contribution in [1.29, 1.82) is 0 Å². The molecule has 2 fully saturated rings. The second kappa shape index (κ2) is 14.9. The number of methoxy groups -OCH3 is 1. The molecule has 4 aromatic carbocycles. The molecule has 5 heteroatoms. The van der Waals surface area contributed by atoms with Crippen LogP contribution in [0.5, 0.6) is 0 Å². The van der Waals surface area contributed by atoms with Crippen molar-refractivity contribution < 1.29 is 24.5 Å². The zero-order chi connectivity index (χ0) is 31.7. The fraction of sp³-hybridized carbons (Fsp3) is 0.350. The maximum absolute atomic E-state index is 13.6. The summed E-state index contributed by atoms with van der Waals surface area (Å²) in [6, 6.07) is 33.7. The van der Waals surface area contributed by atoms with Gasteiger partial charge in [-0.15, -0.1) is 0 Å². The molecule has 0 aromatic heterocycles. The summed E-state index contributed by atoms with van der Waals surface area (Å²) in [6.45, 7) is 0. The van der Waals surface area contributed by atoms with E-state index >= 15 is 0 Å². The number of hydrogen-bond donors (Lipinski definition) is 2. The Morgan fingerprint density at radius 2 is 0.978 bits per heavy atom. The van der Waals surface area contributed by atoms with Crippen molar-refractivity contribution in [3.05, 3.63) is 143 Å². The van der Waals surface area contributed by atoms with E-state index in [-0.39, 0.29) is 11.6 Å². The van der Waals surface area contributed by atoms with E-state index in [1.807, 2.05) is 97.1 Å². The van der Waals surface area contributed by atoms with E-state index in [1.54, 1.807) is 19.2 Å². The summed E-state index contributed by atoms with van der Waals surface area (Å²) in [5, 5.41) is 22.6.